The molecule has 0 fully saturated rings. The van der Waals surface area contributed by atoms with E-state index in [4.69, 9.17) is 0 Å². The predicted molar refractivity (Wildman–Crippen MR) is 109 cm³/mol. The summed E-state index contributed by atoms with van der Waals surface area (Å²) in [5.74, 6) is 0.822. The molecule has 0 aliphatic heterocycles. The number of thioether (sulfide) groups is 1. The number of aromatic hydroxyl groups is 1. The largest absolute Gasteiger partial charge is 0.508 e. The van der Waals surface area contributed by atoms with Gasteiger partial charge in [-0.05, 0) is 42.0 Å². The van der Waals surface area contributed by atoms with E-state index < -0.39 is 0 Å². The van der Waals surface area contributed by atoms with Gasteiger partial charge >= 0.3 is 0 Å². The monoisotopic (exact) mass is 445 g/mol. The molecule has 0 saturated carbocycles. The standard InChI is InChI=1S/C18H16BrN5O2S/c1-24-17(13-3-2-4-14(19)9-13)22-23-18(24)27-11-16(26)21-20-10-12-5-7-15(25)8-6-12/h2-10,25H,11H2,1H3,(H,21,26)/b20-10+. The number of hydrogen-bond acceptors (Lipinski definition) is 6. The first-order chi connectivity index (χ1) is 13.0. The van der Waals surface area contributed by atoms with Crippen LogP contribution in [0.1, 0.15) is 5.56 Å². The van der Waals surface area contributed by atoms with Crippen LogP contribution in [-0.4, -0.2) is 37.7 Å². The van der Waals surface area contributed by atoms with Crippen LogP contribution < -0.4 is 5.43 Å². The maximum Gasteiger partial charge on any atom is 0.250 e. The van der Waals surface area contributed by atoms with Gasteiger partial charge in [-0.3, -0.25) is 4.79 Å². The Hall–Kier alpha value is -2.65. The number of benzene rings is 2. The minimum absolute atomic E-state index is 0.164. The topological polar surface area (TPSA) is 92.4 Å². The molecule has 0 bridgehead atoms. The van der Waals surface area contributed by atoms with Crippen LogP contribution in [0.15, 0.2) is 63.3 Å². The number of hydrazone groups is 1. The van der Waals surface area contributed by atoms with Gasteiger partial charge in [-0.25, -0.2) is 5.43 Å². The number of carbonyl (C=O) groups excluding carboxylic acids is 1. The van der Waals surface area contributed by atoms with Gasteiger partial charge in [0.1, 0.15) is 5.75 Å². The molecule has 3 rings (SSSR count). The molecule has 3 aromatic rings. The van der Waals surface area contributed by atoms with Gasteiger partial charge in [0.2, 0.25) is 0 Å². The molecule has 0 unspecified atom stereocenters. The van der Waals surface area contributed by atoms with Crippen molar-refractivity contribution in [2.24, 2.45) is 12.1 Å². The highest BCUT2D eigenvalue weighted by Gasteiger charge is 2.13. The molecule has 0 aliphatic rings. The van der Waals surface area contributed by atoms with Gasteiger partial charge < -0.3 is 9.67 Å². The minimum atomic E-state index is -0.248. The summed E-state index contributed by atoms with van der Waals surface area (Å²) in [7, 11) is 1.86. The zero-order valence-electron chi connectivity index (χ0n) is 14.3. The number of nitrogens with one attached hydrogen (secondary N) is 1. The van der Waals surface area contributed by atoms with Gasteiger partial charge in [0.25, 0.3) is 5.91 Å². The SMILES string of the molecule is Cn1c(SCC(=O)N/N=C/c2ccc(O)cc2)nnc1-c1cccc(Br)c1. The van der Waals surface area contributed by atoms with Crippen LogP contribution in [0.25, 0.3) is 11.4 Å². The van der Waals surface area contributed by atoms with Crippen molar-refractivity contribution in [3.05, 3.63) is 58.6 Å². The fourth-order valence-corrected chi connectivity index (χ4v) is 3.32. The Labute approximate surface area is 168 Å². The van der Waals surface area contributed by atoms with E-state index in [1.807, 2.05) is 35.9 Å². The average Bonchev–Trinajstić information content (AvgIpc) is 3.02. The molecule has 138 valence electrons. The Balaban J connectivity index is 1.55. The van der Waals surface area contributed by atoms with Crippen molar-refractivity contribution in [1.82, 2.24) is 20.2 Å². The molecule has 0 aliphatic carbocycles. The van der Waals surface area contributed by atoms with E-state index in [0.717, 1.165) is 21.4 Å². The summed E-state index contributed by atoms with van der Waals surface area (Å²) < 4.78 is 2.81. The Kier molecular flexibility index (Phi) is 6.25. The highest BCUT2D eigenvalue weighted by molar-refractivity contribution is 9.10. The molecule has 0 saturated heterocycles. The predicted octanol–water partition coefficient (Wildman–Crippen LogP) is 3.19. The Morgan fingerprint density at radius 2 is 2.07 bits per heavy atom. The highest BCUT2D eigenvalue weighted by atomic mass is 79.9. The van der Waals surface area contributed by atoms with E-state index in [9.17, 15) is 9.90 Å². The highest BCUT2D eigenvalue weighted by Crippen LogP contribution is 2.24. The summed E-state index contributed by atoms with van der Waals surface area (Å²) >= 11 is 4.73. The molecule has 7 nitrogen and oxygen atoms in total. The first kappa shape index (κ1) is 19.1. The molecule has 27 heavy (non-hydrogen) atoms. The Bertz CT molecular complexity index is 972. The summed E-state index contributed by atoms with van der Waals surface area (Å²) in [5.41, 5.74) is 4.18. The van der Waals surface area contributed by atoms with Gasteiger partial charge in [-0.1, -0.05) is 39.8 Å². The van der Waals surface area contributed by atoms with Gasteiger partial charge in [-0.15, -0.1) is 10.2 Å². The van der Waals surface area contributed by atoms with Crippen LogP contribution in [0.3, 0.4) is 0 Å². The second-order valence-corrected chi connectivity index (χ2v) is 7.41. The molecular weight excluding hydrogens is 430 g/mol. The van der Waals surface area contributed by atoms with Crippen LogP contribution in [0.5, 0.6) is 5.75 Å². The van der Waals surface area contributed by atoms with Gasteiger partial charge in [0, 0.05) is 17.1 Å². The molecule has 1 amide bonds. The van der Waals surface area contributed by atoms with E-state index in [-0.39, 0.29) is 17.4 Å². The Morgan fingerprint density at radius 3 is 2.81 bits per heavy atom. The van der Waals surface area contributed by atoms with E-state index in [1.165, 1.54) is 18.0 Å². The molecular formula is C18H16BrN5O2S. The average molecular weight is 446 g/mol. The second kappa shape index (κ2) is 8.83. The number of nitrogens with zero attached hydrogens (tertiary/aromatic N) is 4. The summed E-state index contributed by atoms with van der Waals surface area (Å²) in [4.78, 5) is 11.9. The van der Waals surface area contributed by atoms with Crippen LogP contribution >= 0.6 is 27.7 Å². The lowest BCUT2D eigenvalue weighted by Crippen LogP contribution is -2.19. The van der Waals surface area contributed by atoms with Gasteiger partial charge in [0.15, 0.2) is 11.0 Å². The number of rotatable bonds is 6. The molecule has 9 heteroatoms. The normalized spacial score (nSPS) is 11.0. The van der Waals surface area contributed by atoms with Crippen molar-refractivity contribution in [1.29, 1.82) is 0 Å². The van der Waals surface area contributed by atoms with Crippen LogP contribution in [0, 0.1) is 0 Å². The fourth-order valence-electron chi connectivity index (χ4n) is 2.22. The smallest absolute Gasteiger partial charge is 0.250 e. The van der Waals surface area contributed by atoms with Gasteiger partial charge in [-0.2, -0.15) is 5.10 Å². The number of halogens is 1. The summed E-state index contributed by atoms with van der Waals surface area (Å²) in [5, 5.41) is 22.1. The zero-order valence-corrected chi connectivity index (χ0v) is 16.7. The zero-order chi connectivity index (χ0) is 19.2. The Morgan fingerprint density at radius 1 is 1.30 bits per heavy atom. The first-order valence-electron chi connectivity index (χ1n) is 7.92. The summed E-state index contributed by atoms with van der Waals surface area (Å²) in [6, 6.07) is 14.3. The number of carbonyl (C=O) groups is 1. The number of hydrogen-bond donors (Lipinski definition) is 2. The molecule has 1 heterocycles. The fraction of sp³-hybridized carbons (Fsp3) is 0.111. The lowest BCUT2D eigenvalue weighted by atomic mass is 10.2. The molecule has 0 atom stereocenters. The van der Waals surface area contributed by atoms with E-state index in [2.05, 4.69) is 36.7 Å². The molecule has 0 spiro atoms. The quantitative estimate of drug-likeness (QED) is 0.345. The van der Waals surface area contributed by atoms with Crippen molar-refractivity contribution in [2.75, 3.05) is 5.75 Å². The number of aromatic nitrogens is 3. The lowest BCUT2D eigenvalue weighted by Gasteiger charge is -2.04. The van der Waals surface area contributed by atoms with Gasteiger partial charge in [0.05, 0.1) is 12.0 Å². The number of phenolic OH excluding ortho intramolecular Hbond substituents is 1. The second-order valence-electron chi connectivity index (χ2n) is 5.55. The van der Waals surface area contributed by atoms with Crippen molar-refractivity contribution >= 4 is 39.8 Å². The van der Waals surface area contributed by atoms with Crippen LogP contribution in [-0.2, 0) is 11.8 Å². The van der Waals surface area contributed by atoms with Crippen LogP contribution in [0.2, 0.25) is 0 Å². The third-order valence-electron chi connectivity index (χ3n) is 3.55. The van der Waals surface area contributed by atoms with Crippen molar-refractivity contribution < 1.29 is 9.90 Å². The first-order valence-corrected chi connectivity index (χ1v) is 9.70. The third kappa shape index (κ3) is 5.18. The lowest BCUT2D eigenvalue weighted by molar-refractivity contribution is -0.118. The maximum atomic E-state index is 11.9. The van der Waals surface area contributed by atoms with Crippen molar-refractivity contribution in [3.8, 4) is 17.1 Å². The van der Waals surface area contributed by atoms with Crippen molar-refractivity contribution in [2.45, 2.75) is 5.16 Å². The van der Waals surface area contributed by atoms with Crippen LogP contribution in [0.4, 0.5) is 0 Å². The molecule has 2 aromatic carbocycles. The summed E-state index contributed by atoms with van der Waals surface area (Å²) in [6.07, 6.45) is 1.51. The minimum Gasteiger partial charge on any atom is -0.508 e. The molecule has 2 N–H and O–H groups in total. The van der Waals surface area contributed by atoms with Crippen molar-refractivity contribution in [3.63, 3.8) is 0 Å². The summed E-state index contributed by atoms with van der Waals surface area (Å²) in [6.45, 7) is 0. The third-order valence-corrected chi connectivity index (χ3v) is 5.06. The van der Waals surface area contributed by atoms with E-state index in [0.29, 0.717) is 5.16 Å². The number of amides is 1. The van der Waals surface area contributed by atoms with E-state index >= 15 is 0 Å². The molecule has 0 radical (unpaired) electrons. The van der Waals surface area contributed by atoms with E-state index in [1.54, 1.807) is 24.3 Å². The number of phenols is 1. The maximum absolute atomic E-state index is 11.9. The molecule has 1 aromatic heterocycles.